The molecule has 1 aromatic rings. The molecule has 6 heteroatoms. The Labute approximate surface area is 112 Å². The lowest BCUT2D eigenvalue weighted by molar-refractivity contribution is 0.473. The predicted molar refractivity (Wildman–Crippen MR) is 72.7 cm³/mol. The number of nitrogens with one attached hydrogen (secondary N) is 1. The summed E-state index contributed by atoms with van der Waals surface area (Å²) < 4.78 is 26.7. The Morgan fingerprint density at radius 3 is 2.56 bits per heavy atom. The van der Waals surface area contributed by atoms with Gasteiger partial charge in [-0.25, -0.2) is 8.42 Å². The molecule has 0 bridgehead atoms. The van der Waals surface area contributed by atoms with Crippen LogP contribution in [-0.2, 0) is 10.0 Å². The minimum absolute atomic E-state index is 0.0685. The predicted octanol–water partition coefficient (Wildman–Crippen LogP) is 3.04. The number of anilines is 1. The second kappa shape index (κ2) is 4.97. The number of aromatic hydroxyl groups is 1. The monoisotopic (exact) mass is 289 g/mol. The molecule has 1 aliphatic carbocycles. The maximum atomic E-state index is 12.1. The smallest absolute Gasteiger partial charge is 0.235 e. The van der Waals surface area contributed by atoms with Gasteiger partial charge in [0, 0.05) is 5.02 Å². The average Bonchev–Trinajstić information content (AvgIpc) is 2.78. The molecule has 0 heterocycles. The van der Waals surface area contributed by atoms with E-state index in [4.69, 9.17) is 11.6 Å². The van der Waals surface area contributed by atoms with Gasteiger partial charge in [0.1, 0.15) is 5.75 Å². The summed E-state index contributed by atoms with van der Waals surface area (Å²) in [6.07, 6.45) is 3.23. The Balaban J connectivity index is 2.28. The van der Waals surface area contributed by atoms with Gasteiger partial charge in [-0.05, 0) is 37.5 Å². The molecule has 2 N–H and O–H groups in total. The molecule has 1 aliphatic rings. The molecule has 18 heavy (non-hydrogen) atoms. The second-order valence-electron chi connectivity index (χ2n) is 4.67. The van der Waals surface area contributed by atoms with E-state index < -0.39 is 10.0 Å². The largest absolute Gasteiger partial charge is 0.505 e. The van der Waals surface area contributed by atoms with Gasteiger partial charge in [0.15, 0.2) is 0 Å². The van der Waals surface area contributed by atoms with E-state index in [-0.39, 0.29) is 16.7 Å². The summed E-state index contributed by atoms with van der Waals surface area (Å²) in [5, 5.41) is 9.88. The normalized spacial score (nSPS) is 17.0. The van der Waals surface area contributed by atoms with Crippen molar-refractivity contribution in [1.82, 2.24) is 0 Å². The number of phenolic OH excluding ortho intramolecular Hbond substituents is 1. The van der Waals surface area contributed by atoms with Crippen LogP contribution < -0.4 is 4.72 Å². The number of sulfonamides is 1. The van der Waals surface area contributed by atoms with Crippen molar-refractivity contribution < 1.29 is 13.5 Å². The molecule has 100 valence electrons. The zero-order valence-electron chi connectivity index (χ0n) is 10.1. The van der Waals surface area contributed by atoms with E-state index in [1.165, 1.54) is 6.07 Å². The average molecular weight is 290 g/mol. The van der Waals surface area contributed by atoms with Gasteiger partial charge in [-0.3, -0.25) is 4.72 Å². The number of rotatable bonds is 3. The van der Waals surface area contributed by atoms with Crippen LogP contribution in [-0.4, -0.2) is 18.8 Å². The highest BCUT2D eigenvalue weighted by molar-refractivity contribution is 7.93. The van der Waals surface area contributed by atoms with Crippen LogP contribution in [0.3, 0.4) is 0 Å². The fourth-order valence-electron chi connectivity index (χ4n) is 2.25. The third-order valence-electron chi connectivity index (χ3n) is 3.26. The van der Waals surface area contributed by atoms with Crippen molar-refractivity contribution in [1.29, 1.82) is 0 Å². The lowest BCUT2D eigenvalue weighted by atomic mass is 10.2. The fourth-order valence-corrected chi connectivity index (χ4v) is 4.10. The Hall–Kier alpha value is -0.940. The zero-order chi connectivity index (χ0) is 13.3. The lowest BCUT2D eigenvalue weighted by Gasteiger charge is -2.15. The van der Waals surface area contributed by atoms with Crippen molar-refractivity contribution in [3.63, 3.8) is 0 Å². The first-order chi connectivity index (χ1) is 8.40. The summed E-state index contributed by atoms with van der Waals surface area (Å²) in [6, 6.07) is 3.01. The molecular formula is C12H16ClNO3S. The molecular weight excluding hydrogens is 274 g/mol. The van der Waals surface area contributed by atoms with Crippen LogP contribution in [0.5, 0.6) is 5.75 Å². The summed E-state index contributed by atoms with van der Waals surface area (Å²) in [4.78, 5) is 0. The molecule has 0 aromatic heterocycles. The van der Waals surface area contributed by atoms with E-state index in [0.29, 0.717) is 23.4 Å². The summed E-state index contributed by atoms with van der Waals surface area (Å²) in [5.41, 5.74) is 0.707. The van der Waals surface area contributed by atoms with Crippen LogP contribution in [0.25, 0.3) is 0 Å². The fraction of sp³-hybridized carbons (Fsp3) is 0.500. The summed E-state index contributed by atoms with van der Waals surface area (Å²) >= 11 is 5.86. The van der Waals surface area contributed by atoms with Crippen molar-refractivity contribution in [2.24, 2.45) is 0 Å². The van der Waals surface area contributed by atoms with Crippen LogP contribution in [0.15, 0.2) is 12.1 Å². The molecule has 1 saturated carbocycles. The van der Waals surface area contributed by atoms with Gasteiger partial charge in [-0.2, -0.15) is 0 Å². The zero-order valence-corrected chi connectivity index (χ0v) is 11.7. The molecule has 0 saturated heterocycles. The Morgan fingerprint density at radius 1 is 1.33 bits per heavy atom. The molecule has 1 aromatic carbocycles. The molecule has 4 nitrogen and oxygen atoms in total. The minimum Gasteiger partial charge on any atom is -0.505 e. The number of hydrogen-bond donors (Lipinski definition) is 2. The Morgan fingerprint density at radius 2 is 1.94 bits per heavy atom. The van der Waals surface area contributed by atoms with Crippen LogP contribution in [0.1, 0.15) is 31.2 Å². The first-order valence-electron chi connectivity index (χ1n) is 5.91. The van der Waals surface area contributed by atoms with Crippen LogP contribution in [0.4, 0.5) is 5.69 Å². The second-order valence-corrected chi connectivity index (χ2v) is 7.07. The third-order valence-corrected chi connectivity index (χ3v) is 5.33. The first kappa shape index (κ1) is 13.5. The first-order valence-corrected chi connectivity index (χ1v) is 7.83. The Kier molecular flexibility index (Phi) is 3.73. The van der Waals surface area contributed by atoms with Gasteiger partial charge in [0.05, 0.1) is 10.9 Å². The summed E-state index contributed by atoms with van der Waals surface area (Å²) in [7, 11) is -3.44. The van der Waals surface area contributed by atoms with Gasteiger partial charge < -0.3 is 5.11 Å². The summed E-state index contributed by atoms with van der Waals surface area (Å²) in [6.45, 7) is 1.68. The third kappa shape index (κ3) is 2.72. The Bertz CT molecular complexity index is 551. The van der Waals surface area contributed by atoms with Crippen LogP contribution >= 0.6 is 11.6 Å². The highest BCUT2D eigenvalue weighted by Crippen LogP contribution is 2.33. The van der Waals surface area contributed by atoms with Gasteiger partial charge in [-0.1, -0.05) is 24.4 Å². The highest BCUT2D eigenvalue weighted by Gasteiger charge is 2.29. The molecule has 0 unspecified atom stereocenters. The molecule has 0 amide bonds. The SMILES string of the molecule is Cc1cc(Cl)cc(NS(=O)(=O)C2CCCC2)c1O. The van der Waals surface area contributed by atoms with E-state index >= 15 is 0 Å². The molecule has 0 spiro atoms. The minimum atomic E-state index is -3.44. The van der Waals surface area contributed by atoms with E-state index in [1.54, 1.807) is 13.0 Å². The topological polar surface area (TPSA) is 66.4 Å². The highest BCUT2D eigenvalue weighted by atomic mass is 35.5. The maximum Gasteiger partial charge on any atom is 0.235 e. The van der Waals surface area contributed by atoms with Crippen LogP contribution in [0, 0.1) is 6.92 Å². The van der Waals surface area contributed by atoms with Crippen molar-refractivity contribution >= 4 is 27.3 Å². The van der Waals surface area contributed by atoms with E-state index in [2.05, 4.69) is 4.72 Å². The van der Waals surface area contributed by atoms with E-state index in [1.807, 2.05) is 0 Å². The number of aryl methyl sites for hydroxylation is 1. The molecule has 1 fully saturated rings. The molecule has 0 radical (unpaired) electrons. The quantitative estimate of drug-likeness (QED) is 0.841. The number of hydrogen-bond acceptors (Lipinski definition) is 3. The van der Waals surface area contributed by atoms with Crippen molar-refractivity contribution in [3.8, 4) is 5.75 Å². The molecule has 0 atom stereocenters. The lowest BCUT2D eigenvalue weighted by Crippen LogP contribution is -2.25. The molecule has 2 rings (SSSR count). The number of benzene rings is 1. The van der Waals surface area contributed by atoms with Gasteiger partial charge in [0.25, 0.3) is 0 Å². The number of halogens is 1. The van der Waals surface area contributed by atoms with E-state index in [9.17, 15) is 13.5 Å². The van der Waals surface area contributed by atoms with E-state index in [0.717, 1.165) is 12.8 Å². The van der Waals surface area contributed by atoms with Gasteiger partial charge in [-0.15, -0.1) is 0 Å². The maximum absolute atomic E-state index is 12.1. The van der Waals surface area contributed by atoms with Gasteiger partial charge >= 0.3 is 0 Å². The van der Waals surface area contributed by atoms with Crippen molar-refractivity contribution in [2.75, 3.05) is 4.72 Å². The van der Waals surface area contributed by atoms with Crippen molar-refractivity contribution in [3.05, 3.63) is 22.7 Å². The molecule has 0 aliphatic heterocycles. The number of phenols is 1. The van der Waals surface area contributed by atoms with Crippen molar-refractivity contribution in [2.45, 2.75) is 37.9 Å². The van der Waals surface area contributed by atoms with Gasteiger partial charge in [0.2, 0.25) is 10.0 Å². The van der Waals surface area contributed by atoms with Crippen LogP contribution in [0.2, 0.25) is 5.02 Å². The summed E-state index contributed by atoms with van der Waals surface area (Å²) in [5.74, 6) is -0.0685. The standard InChI is InChI=1S/C12H16ClNO3S/c1-8-6-9(13)7-11(12(8)15)14-18(16,17)10-4-2-3-5-10/h6-7,10,14-15H,2-5H2,1H3.